The van der Waals surface area contributed by atoms with Crippen molar-refractivity contribution in [3.63, 3.8) is 0 Å². The number of likely N-dealkylation sites (N-methyl/N-ethyl adjacent to an activating group) is 1. The maximum Gasteiger partial charge on any atom is 0.242 e. The summed E-state index contributed by atoms with van der Waals surface area (Å²) in [5.74, 6) is 0.502. The van der Waals surface area contributed by atoms with E-state index in [1.54, 1.807) is 30.3 Å². The number of carbonyl (C=O) groups excluding carboxylic acids is 2. The average Bonchev–Trinajstić information content (AvgIpc) is 2.86. The lowest BCUT2D eigenvalue weighted by Gasteiger charge is -2.31. The van der Waals surface area contributed by atoms with Gasteiger partial charge in [-0.25, -0.2) is 8.42 Å². The summed E-state index contributed by atoms with van der Waals surface area (Å²) in [6, 6.07) is 11.4. The Labute approximate surface area is 217 Å². The first kappa shape index (κ1) is 27.6. The van der Waals surface area contributed by atoms with Gasteiger partial charge in [-0.3, -0.25) is 13.9 Å². The van der Waals surface area contributed by atoms with Gasteiger partial charge in [0.25, 0.3) is 0 Å². The molecular formula is C25H32ClN3O6S. The number of sulfonamides is 1. The molecule has 0 spiro atoms. The summed E-state index contributed by atoms with van der Waals surface area (Å²) in [5.41, 5.74) is 1.16. The molecule has 0 unspecified atom stereocenters. The normalized spacial score (nSPS) is 13.6. The maximum absolute atomic E-state index is 13.3. The summed E-state index contributed by atoms with van der Waals surface area (Å²) in [5, 5.41) is 3.12. The van der Waals surface area contributed by atoms with Crippen LogP contribution in [0.25, 0.3) is 0 Å². The van der Waals surface area contributed by atoms with E-state index in [2.05, 4.69) is 5.32 Å². The molecule has 1 heterocycles. The van der Waals surface area contributed by atoms with Gasteiger partial charge >= 0.3 is 0 Å². The number of rotatable bonds is 11. The molecule has 36 heavy (non-hydrogen) atoms. The summed E-state index contributed by atoms with van der Waals surface area (Å²) in [4.78, 5) is 27.4. The number of hydrogen-bond acceptors (Lipinski definition) is 6. The topological polar surface area (TPSA) is 105 Å². The van der Waals surface area contributed by atoms with Crippen molar-refractivity contribution in [1.82, 2.24) is 10.2 Å². The molecule has 0 radical (unpaired) electrons. The quantitative estimate of drug-likeness (QED) is 0.472. The number of hydrogen-bond donors (Lipinski definition) is 1. The number of carbonyl (C=O) groups is 2. The Morgan fingerprint density at radius 3 is 2.44 bits per heavy atom. The van der Waals surface area contributed by atoms with Crippen LogP contribution in [0.3, 0.4) is 0 Å². The predicted molar refractivity (Wildman–Crippen MR) is 139 cm³/mol. The van der Waals surface area contributed by atoms with E-state index in [4.69, 9.17) is 21.1 Å². The fraction of sp³-hybridized carbons (Fsp3) is 0.440. The molecule has 0 saturated heterocycles. The van der Waals surface area contributed by atoms with Crippen molar-refractivity contribution < 1.29 is 27.5 Å². The molecule has 196 valence electrons. The highest BCUT2D eigenvalue weighted by Gasteiger charge is 2.29. The monoisotopic (exact) mass is 537 g/mol. The van der Waals surface area contributed by atoms with E-state index in [1.807, 2.05) is 19.1 Å². The summed E-state index contributed by atoms with van der Waals surface area (Å²) < 4.78 is 37.5. The molecule has 2 aromatic carbocycles. The highest BCUT2D eigenvalue weighted by molar-refractivity contribution is 7.92. The minimum atomic E-state index is -3.62. The largest absolute Gasteiger partial charge is 0.486 e. The van der Waals surface area contributed by atoms with Crippen LogP contribution in [0.4, 0.5) is 5.69 Å². The van der Waals surface area contributed by atoms with Crippen molar-refractivity contribution in [2.24, 2.45) is 0 Å². The van der Waals surface area contributed by atoms with Crippen LogP contribution in [-0.2, 0) is 26.2 Å². The van der Waals surface area contributed by atoms with Gasteiger partial charge in [-0.1, -0.05) is 36.7 Å². The molecule has 2 aromatic rings. The Morgan fingerprint density at radius 1 is 1.11 bits per heavy atom. The Hall–Kier alpha value is -2.98. The van der Waals surface area contributed by atoms with Crippen molar-refractivity contribution in [1.29, 1.82) is 0 Å². The van der Waals surface area contributed by atoms with Crippen molar-refractivity contribution in [2.75, 3.05) is 37.4 Å². The van der Waals surface area contributed by atoms with E-state index in [0.717, 1.165) is 11.8 Å². The summed E-state index contributed by atoms with van der Waals surface area (Å²) in [6.45, 7) is 2.90. The lowest BCUT2D eigenvalue weighted by Crippen LogP contribution is -2.48. The fourth-order valence-electron chi connectivity index (χ4n) is 4.09. The van der Waals surface area contributed by atoms with Crippen LogP contribution in [0.1, 0.15) is 31.7 Å². The lowest BCUT2D eigenvalue weighted by molar-refractivity contribution is -0.141. The molecule has 2 amide bonds. The number of ether oxygens (including phenoxy) is 2. The Bertz CT molecular complexity index is 1190. The number of fused-ring (bicyclic) bond motifs is 1. The highest BCUT2D eigenvalue weighted by Crippen LogP contribution is 2.34. The molecule has 0 aliphatic carbocycles. The van der Waals surface area contributed by atoms with Gasteiger partial charge in [0, 0.05) is 37.6 Å². The number of amides is 2. The van der Waals surface area contributed by atoms with Gasteiger partial charge in [-0.2, -0.15) is 0 Å². The Morgan fingerprint density at radius 2 is 1.81 bits per heavy atom. The highest BCUT2D eigenvalue weighted by atomic mass is 35.5. The van der Waals surface area contributed by atoms with Crippen LogP contribution in [0.2, 0.25) is 5.02 Å². The minimum absolute atomic E-state index is 0.0501. The molecule has 0 fully saturated rings. The number of nitrogens with zero attached hydrogens (tertiary/aromatic N) is 2. The molecule has 0 aromatic heterocycles. The molecule has 1 N–H and O–H groups in total. The Balaban J connectivity index is 1.76. The van der Waals surface area contributed by atoms with Crippen LogP contribution >= 0.6 is 11.6 Å². The molecule has 0 saturated carbocycles. The standard InChI is InChI=1S/C25H32ClN3O6S/c1-4-21(25(31)27-2)28(17-18-8-5-6-9-20(18)26)24(30)10-7-13-29(36(3,32)33)19-11-12-22-23(16-19)35-15-14-34-22/h5-6,8-9,11-12,16,21H,4,7,10,13-15,17H2,1-3H3,(H,27,31)/t21-/m1/s1. The molecule has 9 nitrogen and oxygen atoms in total. The number of nitrogens with one attached hydrogen (secondary N) is 1. The van der Waals surface area contributed by atoms with Crippen LogP contribution < -0.4 is 19.1 Å². The van der Waals surface area contributed by atoms with E-state index >= 15 is 0 Å². The Kier molecular flexibility index (Phi) is 9.44. The predicted octanol–water partition coefficient (Wildman–Crippen LogP) is 3.21. The van der Waals surface area contributed by atoms with E-state index in [9.17, 15) is 18.0 Å². The van der Waals surface area contributed by atoms with Crippen molar-refractivity contribution in [2.45, 2.75) is 38.8 Å². The number of anilines is 1. The molecule has 1 aliphatic rings. The van der Waals surface area contributed by atoms with Crippen LogP contribution in [0.15, 0.2) is 42.5 Å². The molecule has 1 atom stereocenters. The lowest BCUT2D eigenvalue weighted by atomic mass is 10.1. The second kappa shape index (κ2) is 12.3. The zero-order chi connectivity index (χ0) is 26.3. The smallest absolute Gasteiger partial charge is 0.242 e. The van der Waals surface area contributed by atoms with Gasteiger partial charge in [0.2, 0.25) is 21.8 Å². The van der Waals surface area contributed by atoms with Crippen molar-refractivity contribution >= 4 is 39.1 Å². The minimum Gasteiger partial charge on any atom is -0.486 e. The number of halogens is 1. The van der Waals surface area contributed by atoms with E-state index in [1.165, 1.54) is 16.3 Å². The van der Waals surface area contributed by atoms with Crippen LogP contribution in [0.5, 0.6) is 11.5 Å². The van der Waals surface area contributed by atoms with E-state index < -0.39 is 16.1 Å². The SMILES string of the molecule is CC[C@H](C(=O)NC)N(Cc1ccccc1Cl)C(=O)CCCN(c1ccc2c(c1)OCCO2)S(C)(=O)=O. The summed E-state index contributed by atoms with van der Waals surface area (Å²) in [7, 11) is -2.10. The van der Waals surface area contributed by atoms with Gasteiger partial charge in [0.05, 0.1) is 11.9 Å². The zero-order valence-electron chi connectivity index (χ0n) is 20.7. The fourth-order valence-corrected chi connectivity index (χ4v) is 5.24. The summed E-state index contributed by atoms with van der Waals surface area (Å²) >= 11 is 6.32. The van der Waals surface area contributed by atoms with Gasteiger partial charge in [0.1, 0.15) is 19.3 Å². The maximum atomic E-state index is 13.3. The first-order valence-corrected chi connectivity index (χ1v) is 14.0. The van der Waals surface area contributed by atoms with Crippen molar-refractivity contribution in [3.05, 3.63) is 53.1 Å². The van der Waals surface area contributed by atoms with E-state index in [0.29, 0.717) is 41.8 Å². The molecular weight excluding hydrogens is 506 g/mol. The first-order chi connectivity index (χ1) is 17.2. The third-order valence-electron chi connectivity index (χ3n) is 5.90. The van der Waals surface area contributed by atoms with Gasteiger partial charge in [-0.15, -0.1) is 0 Å². The van der Waals surface area contributed by atoms with Gasteiger partial charge in [0.15, 0.2) is 11.5 Å². The average molecular weight is 538 g/mol. The molecule has 0 bridgehead atoms. The van der Waals surface area contributed by atoms with Crippen LogP contribution in [-0.4, -0.2) is 64.2 Å². The molecule has 1 aliphatic heterocycles. The second-order valence-electron chi connectivity index (χ2n) is 8.42. The van der Waals surface area contributed by atoms with E-state index in [-0.39, 0.29) is 37.7 Å². The van der Waals surface area contributed by atoms with Gasteiger partial charge in [-0.05, 0) is 36.6 Å². The van der Waals surface area contributed by atoms with Crippen molar-refractivity contribution in [3.8, 4) is 11.5 Å². The third-order valence-corrected chi connectivity index (χ3v) is 7.46. The van der Waals surface area contributed by atoms with Gasteiger partial charge < -0.3 is 19.7 Å². The molecule has 11 heteroatoms. The van der Waals surface area contributed by atoms with Crippen LogP contribution in [0, 0.1) is 0 Å². The number of benzene rings is 2. The summed E-state index contributed by atoms with van der Waals surface area (Å²) in [6.07, 6.45) is 1.84. The molecule has 3 rings (SSSR count). The zero-order valence-corrected chi connectivity index (χ0v) is 22.3. The second-order valence-corrected chi connectivity index (χ2v) is 10.7. The first-order valence-electron chi connectivity index (χ1n) is 11.8. The third kappa shape index (κ3) is 6.82.